The highest BCUT2D eigenvalue weighted by Gasteiger charge is 2.26. The summed E-state index contributed by atoms with van der Waals surface area (Å²) in [6, 6.07) is 15.9. The minimum Gasteiger partial charge on any atom is -0.391 e. The Morgan fingerprint density at radius 1 is 1.00 bits per heavy atom. The highest BCUT2D eigenvalue weighted by Crippen LogP contribution is 2.25. The Kier molecular flexibility index (Phi) is 6.02. The molecule has 0 aliphatic heterocycles. The molecule has 0 aliphatic rings. The molecule has 1 unspecified atom stereocenters. The second-order valence-corrected chi connectivity index (χ2v) is 8.02. The summed E-state index contributed by atoms with van der Waals surface area (Å²) in [7, 11) is -3.73. The number of rotatable bonds is 7. The molecular formula is C19H25NO3S. The van der Waals surface area contributed by atoms with Crippen molar-refractivity contribution in [3.05, 3.63) is 60.2 Å². The van der Waals surface area contributed by atoms with Crippen LogP contribution in [-0.2, 0) is 10.0 Å². The van der Waals surface area contributed by atoms with Gasteiger partial charge < -0.3 is 5.11 Å². The van der Waals surface area contributed by atoms with Gasteiger partial charge in [0.25, 0.3) is 10.0 Å². The summed E-state index contributed by atoms with van der Waals surface area (Å²) in [6.45, 7) is 6.00. The lowest BCUT2D eigenvalue weighted by molar-refractivity contribution is 0.179. The number of hydrogen-bond acceptors (Lipinski definition) is 3. The number of aliphatic hydroxyl groups is 1. The number of benzene rings is 2. The lowest BCUT2D eigenvalue weighted by Gasteiger charge is -2.26. The van der Waals surface area contributed by atoms with Crippen LogP contribution in [0.4, 0.5) is 5.69 Å². The Morgan fingerprint density at radius 3 is 2.08 bits per heavy atom. The van der Waals surface area contributed by atoms with Gasteiger partial charge in [0.1, 0.15) is 0 Å². The zero-order valence-corrected chi connectivity index (χ0v) is 15.2. The molecule has 0 aliphatic carbocycles. The third-order valence-electron chi connectivity index (χ3n) is 4.03. The molecule has 0 heterocycles. The van der Waals surface area contributed by atoms with Crippen molar-refractivity contribution in [2.45, 2.75) is 44.1 Å². The van der Waals surface area contributed by atoms with Gasteiger partial charge in [-0.25, -0.2) is 8.42 Å². The van der Waals surface area contributed by atoms with Gasteiger partial charge in [0.2, 0.25) is 0 Å². The second kappa shape index (κ2) is 7.81. The third-order valence-corrected chi connectivity index (χ3v) is 5.83. The molecule has 0 amide bonds. The molecule has 0 radical (unpaired) electrons. The molecule has 0 aromatic heterocycles. The summed E-state index contributed by atoms with van der Waals surface area (Å²) < 4.78 is 27.4. The predicted molar refractivity (Wildman–Crippen MR) is 97.8 cm³/mol. The van der Waals surface area contributed by atoms with Crippen molar-refractivity contribution in [2.75, 3.05) is 10.8 Å². The average molecular weight is 347 g/mol. The topological polar surface area (TPSA) is 57.6 Å². The van der Waals surface area contributed by atoms with Crippen LogP contribution in [0.25, 0.3) is 0 Å². The molecule has 0 saturated carbocycles. The fraction of sp³-hybridized carbons (Fsp3) is 0.368. The maximum atomic E-state index is 13.1. The van der Waals surface area contributed by atoms with Crippen LogP contribution in [0.3, 0.4) is 0 Å². The Morgan fingerprint density at radius 2 is 1.58 bits per heavy atom. The maximum Gasteiger partial charge on any atom is 0.264 e. The van der Waals surface area contributed by atoms with Crippen molar-refractivity contribution in [3.8, 4) is 0 Å². The Balaban J connectivity index is 2.43. The van der Waals surface area contributed by atoms with E-state index in [4.69, 9.17) is 0 Å². The molecule has 2 rings (SSSR count). The fourth-order valence-electron chi connectivity index (χ4n) is 2.41. The zero-order valence-electron chi connectivity index (χ0n) is 14.4. The molecule has 0 bridgehead atoms. The molecule has 2 aromatic carbocycles. The van der Waals surface area contributed by atoms with Crippen molar-refractivity contribution >= 4 is 15.7 Å². The molecule has 4 nitrogen and oxygen atoms in total. The van der Waals surface area contributed by atoms with Gasteiger partial charge in [-0.3, -0.25) is 4.31 Å². The minimum absolute atomic E-state index is 0.0365. The van der Waals surface area contributed by atoms with E-state index in [1.807, 2.05) is 25.1 Å². The summed E-state index contributed by atoms with van der Waals surface area (Å²) in [4.78, 5) is 0.235. The quantitative estimate of drug-likeness (QED) is 0.829. The lowest BCUT2D eigenvalue weighted by atomic mass is 10.0. The monoisotopic (exact) mass is 347 g/mol. The van der Waals surface area contributed by atoms with Gasteiger partial charge in [-0.2, -0.15) is 0 Å². The Labute approximate surface area is 144 Å². The summed E-state index contributed by atoms with van der Waals surface area (Å²) in [5, 5.41) is 10.0. The van der Waals surface area contributed by atoms with E-state index in [9.17, 15) is 13.5 Å². The highest BCUT2D eigenvalue weighted by atomic mass is 32.2. The van der Waals surface area contributed by atoms with Crippen LogP contribution in [0.1, 0.15) is 38.7 Å². The van der Waals surface area contributed by atoms with Gasteiger partial charge in [0, 0.05) is 0 Å². The molecule has 24 heavy (non-hydrogen) atoms. The molecule has 2 aromatic rings. The number of hydrogen-bond donors (Lipinski definition) is 1. The van der Waals surface area contributed by atoms with Crippen LogP contribution < -0.4 is 4.31 Å². The van der Waals surface area contributed by atoms with E-state index in [1.165, 1.54) is 4.31 Å². The molecule has 130 valence electrons. The molecule has 5 heteroatoms. The van der Waals surface area contributed by atoms with E-state index in [2.05, 4.69) is 13.8 Å². The fourth-order valence-corrected chi connectivity index (χ4v) is 3.91. The van der Waals surface area contributed by atoms with Crippen LogP contribution in [-0.4, -0.2) is 26.2 Å². The van der Waals surface area contributed by atoms with Crippen molar-refractivity contribution in [1.82, 2.24) is 0 Å². The van der Waals surface area contributed by atoms with Gasteiger partial charge in [-0.1, -0.05) is 51.1 Å². The third kappa shape index (κ3) is 4.16. The number of nitrogens with zero attached hydrogens (tertiary/aromatic N) is 1. The second-order valence-electron chi connectivity index (χ2n) is 6.16. The molecule has 0 spiro atoms. The Bertz CT molecular complexity index is 740. The van der Waals surface area contributed by atoms with Crippen molar-refractivity contribution < 1.29 is 13.5 Å². The van der Waals surface area contributed by atoms with Crippen LogP contribution in [0.5, 0.6) is 0 Å². The molecule has 0 fully saturated rings. The average Bonchev–Trinajstić information content (AvgIpc) is 2.60. The van der Waals surface area contributed by atoms with Gasteiger partial charge >= 0.3 is 0 Å². The SMILES string of the molecule is CCC(O)CN(c1ccccc1)S(=O)(=O)c1ccc(C(C)C)cc1. The van der Waals surface area contributed by atoms with E-state index < -0.39 is 16.1 Å². The van der Waals surface area contributed by atoms with Gasteiger partial charge in [0.15, 0.2) is 0 Å². The minimum atomic E-state index is -3.73. The van der Waals surface area contributed by atoms with E-state index in [1.54, 1.807) is 36.4 Å². The largest absolute Gasteiger partial charge is 0.391 e. The van der Waals surface area contributed by atoms with Crippen molar-refractivity contribution in [2.24, 2.45) is 0 Å². The first-order valence-corrected chi connectivity index (χ1v) is 9.66. The van der Waals surface area contributed by atoms with Crippen molar-refractivity contribution in [1.29, 1.82) is 0 Å². The van der Waals surface area contributed by atoms with Gasteiger partial charge in [0.05, 0.1) is 23.2 Å². The zero-order chi connectivity index (χ0) is 17.7. The van der Waals surface area contributed by atoms with E-state index in [0.29, 0.717) is 18.0 Å². The molecule has 1 atom stereocenters. The van der Waals surface area contributed by atoms with Crippen LogP contribution >= 0.6 is 0 Å². The molecule has 1 N–H and O–H groups in total. The Hall–Kier alpha value is -1.85. The molecular weight excluding hydrogens is 322 g/mol. The van der Waals surface area contributed by atoms with Crippen LogP contribution in [0.2, 0.25) is 0 Å². The predicted octanol–water partition coefficient (Wildman–Crippen LogP) is 3.78. The highest BCUT2D eigenvalue weighted by molar-refractivity contribution is 7.92. The van der Waals surface area contributed by atoms with E-state index in [0.717, 1.165) is 5.56 Å². The van der Waals surface area contributed by atoms with Crippen molar-refractivity contribution in [3.63, 3.8) is 0 Å². The summed E-state index contributed by atoms with van der Waals surface area (Å²) in [5.41, 5.74) is 1.65. The summed E-state index contributed by atoms with van der Waals surface area (Å²) in [6.07, 6.45) is -0.222. The van der Waals surface area contributed by atoms with E-state index in [-0.39, 0.29) is 11.4 Å². The standard InChI is InChI=1S/C19H25NO3S/c1-4-18(21)14-20(17-8-6-5-7-9-17)24(22,23)19-12-10-16(11-13-19)15(2)3/h5-13,15,18,21H,4,14H2,1-3H3. The van der Waals surface area contributed by atoms with Crippen LogP contribution in [0, 0.1) is 0 Å². The number of aliphatic hydroxyl groups excluding tert-OH is 1. The first kappa shape index (κ1) is 18.5. The van der Waals surface area contributed by atoms with E-state index >= 15 is 0 Å². The lowest BCUT2D eigenvalue weighted by Crippen LogP contribution is -2.37. The molecule has 0 saturated heterocycles. The van der Waals surface area contributed by atoms with Gasteiger partial charge in [-0.05, 0) is 42.2 Å². The number of para-hydroxylation sites is 1. The van der Waals surface area contributed by atoms with Crippen LogP contribution in [0.15, 0.2) is 59.5 Å². The first-order chi connectivity index (χ1) is 11.4. The maximum absolute atomic E-state index is 13.1. The normalized spacial score (nSPS) is 13.0. The summed E-state index contributed by atoms with van der Waals surface area (Å²) in [5.74, 6) is 0.342. The van der Waals surface area contributed by atoms with Gasteiger partial charge in [-0.15, -0.1) is 0 Å². The smallest absolute Gasteiger partial charge is 0.264 e. The number of sulfonamides is 1. The first-order valence-electron chi connectivity index (χ1n) is 8.22. The summed E-state index contributed by atoms with van der Waals surface area (Å²) >= 11 is 0. The number of anilines is 1.